The van der Waals surface area contributed by atoms with Crippen molar-refractivity contribution in [1.82, 2.24) is 0 Å². The summed E-state index contributed by atoms with van der Waals surface area (Å²) in [6.45, 7) is 0. The molecule has 0 aliphatic carbocycles. The molecule has 0 aliphatic rings. The topological polar surface area (TPSA) is 0 Å². The summed E-state index contributed by atoms with van der Waals surface area (Å²) in [5, 5.41) is 6.31. The second-order valence-electron chi connectivity index (χ2n) is 6.31. The minimum absolute atomic E-state index is 0. The van der Waals surface area contributed by atoms with Crippen molar-refractivity contribution >= 4 is 68.7 Å². The predicted octanol–water partition coefficient (Wildman–Crippen LogP) is 6.19. The van der Waals surface area contributed by atoms with Crippen molar-refractivity contribution in [3.05, 3.63) is 119 Å². The van der Waals surface area contributed by atoms with Gasteiger partial charge in [-0.15, -0.1) is 17.0 Å². The lowest BCUT2D eigenvalue weighted by molar-refractivity contribution is 1.70. The number of rotatable bonds is 4. The zero-order valence-corrected chi connectivity index (χ0v) is 19.1. The molecule has 4 rings (SSSR count). The smallest absolute Gasteiger partial charge is 0.114 e. The molecular weight excluding hydrogens is 470 g/mol. The monoisotopic (exact) mass is 487 g/mol. The van der Waals surface area contributed by atoms with E-state index in [1.54, 1.807) is 6.07 Å². The Labute approximate surface area is 187 Å². The Bertz CT molecular complexity index is 921. The van der Waals surface area contributed by atoms with E-state index < -0.39 is 7.26 Å². The van der Waals surface area contributed by atoms with E-state index in [0.29, 0.717) is 10.0 Å². The van der Waals surface area contributed by atoms with E-state index in [-0.39, 0.29) is 17.0 Å². The first-order valence-electron chi connectivity index (χ1n) is 8.74. The molecular formula is C24H19BrCl2P+. The molecule has 0 bridgehead atoms. The highest BCUT2D eigenvalue weighted by Crippen LogP contribution is 2.54. The molecule has 0 aromatic heterocycles. The third-order valence-corrected chi connectivity index (χ3v) is 9.35. The van der Waals surface area contributed by atoms with Crippen LogP contribution >= 0.6 is 47.4 Å². The van der Waals surface area contributed by atoms with Crippen LogP contribution < -0.4 is 21.2 Å². The van der Waals surface area contributed by atoms with E-state index in [2.05, 4.69) is 103 Å². The van der Waals surface area contributed by atoms with Gasteiger partial charge >= 0.3 is 0 Å². The highest BCUT2D eigenvalue weighted by Gasteiger charge is 2.48. The molecule has 4 heteroatoms. The average molecular weight is 489 g/mol. The third-order valence-electron chi connectivity index (χ3n) is 4.67. The van der Waals surface area contributed by atoms with Crippen molar-refractivity contribution in [2.45, 2.75) is 0 Å². The van der Waals surface area contributed by atoms with Crippen LogP contribution in [0.3, 0.4) is 0 Å². The zero-order valence-electron chi connectivity index (χ0n) is 15.0. The Morgan fingerprint density at radius 2 is 0.750 bits per heavy atom. The van der Waals surface area contributed by atoms with E-state index in [1.807, 2.05) is 0 Å². The summed E-state index contributed by atoms with van der Waals surface area (Å²) in [5.74, 6) is 0. The molecule has 4 aromatic rings. The second kappa shape index (κ2) is 9.25. The van der Waals surface area contributed by atoms with Gasteiger partial charge in [-0.1, -0.05) is 77.8 Å². The summed E-state index contributed by atoms with van der Waals surface area (Å²) in [6, 6.07) is 37.9. The first-order chi connectivity index (χ1) is 13.2. The predicted molar refractivity (Wildman–Crippen MR) is 132 cm³/mol. The lowest BCUT2D eigenvalue weighted by Crippen LogP contribution is -2.38. The minimum atomic E-state index is -2.13. The van der Waals surface area contributed by atoms with Crippen LogP contribution in [0.25, 0.3) is 0 Å². The quantitative estimate of drug-likeness (QED) is 0.300. The van der Waals surface area contributed by atoms with Gasteiger partial charge < -0.3 is 0 Å². The lowest BCUT2D eigenvalue weighted by atomic mass is 10.3. The Kier molecular flexibility index (Phi) is 6.96. The van der Waals surface area contributed by atoms with Gasteiger partial charge in [-0.2, -0.15) is 0 Å². The van der Waals surface area contributed by atoms with Gasteiger partial charge in [0.15, 0.2) is 0 Å². The second-order valence-corrected chi connectivity index (χ2v) is 10.6. The summed E-state index contributed by atoms with van der Waals surface area (Å²) in [5.41, 5.74) is 0. The Morgan fingerprint density at radius 1 is 0.429 bits per heavy atom. The van der Waals surface area contributed by atoms with Crippen LogP contribution in [0, 0.1) is 0 Å². The van der Waals surface area contributed by atoms with Gasteiger partial charge in [-0.05, 0) is 42.5 Å². The van der Waals surface area contributed by atoms with Crippen LogP contribution in [0.4, 0.5) is 0 Å². The van der Waals surface area contributed by atoms with Crippen molar-refractivity contribution in [3.8, 4) is 0 Å². The van der Waals surface area contributed by atoms with Crippen molar-refractivity contribution in [2.75, 3.05) is 0 Å². The van der Waals surface area contributed by atoms with Crippen LogP contribution in [-0.4, -0.2) is 0 Å². The molecule has 0 nitrogen and oxygen atoms in total. The Hall–Kier alpha value is -1.63. The molecule has 0 saturated heterocycles. The van der Waals surface area contributed by atoms with Crippen LogP contribution in [0.15, 0.2) is 109 Å². The number of hydrogen-bond acceptors (Lipinski definition) is 0. The molecule has 0 saturated carbocycles. The summed E-state index contributed by atoms with van der Waals surface area (Å²) in [7, 11) is -2.13. The van der Waals surface area contributed by atoms with Crippen LogP contribution in [0.2, 0.25) is 10.0 Å². The Balaban J connectivity index is 0.00000225. The van der Waals surface area contributed by atoms with Crippen molar-refractivity contribution in [1.29, 1.82) is 0 Å². The number of benzene rings is 4. The zero-order chi connectivity index (χ0) is 18.7. The van der Waals surface area contributed by atoms with Crippen LogP contribution in [-0.2, 0) is 0 Å². The summed E-state index contributed by atoms with van der Waals surface area (Å²) < 4.78 is 0. The first kappa shape index (κ1) is 21.1. The Morgan fingerprint density at radius 3 is 1.07 bits per heavy atom. The third kappa shape index (κ3) is 3.91. The van der Waals surface area contributed by atoms with Crippen LogP contribution in [0.1, 0.15) is 0 Å². The van der Waals surface area contributed by atoms with E-state index in [1.165, 1.54) is 15.9 Å². The van der Waals surface area contributed by atoms with Gasteiger partial charge in [0.1, 0.15) is 28.5 Å². The molecule has 4 aromatic carbocycles. The molecule has 0 spiro atoms. The average Bonchev–Trinajstić information content (AvgIpc) is 2.70. The highest BCUT2D eigenvalue weighted by atomic mass is 79.9. The van der Waals surface area contributed by atoms with E-state index in [0.717, 1.165) is 5.30 Å². The van der Waals surface area contributed by atoms with Gasteiger partial charge in [0.05, 0.1) is 0 Å². The van der Waals surface area contributed by atoms with Gasteiger partial charge in [-0.3, -0.25) is 0 Å². The molecule has 0 amide bonds. The molecule has 140 valence electrons. The van der Waals surface area contributed by atoms with Gasteiger partial charge in [0, 0.05) is 22.2 Å². The molecule has 0 fully saturated rings. The molecule has 0 heterocycles. The lowest BCUT2D eigenvalue weighted by Gasteiger charge is -2.27. The van der Waals surface area contributed by atoms with Crippen molar-refractivity contribution < 1.29 is 0 Å². The molecule has 0 atom stereocenters. The first-order valence-corrected chi connectivity index (χ1v) is 11.3. The maximum absolute atomic E-state index is 6.45. The molecule has 0 radical (unpaired) electrons. The summed E-state index contributed by atoms with van der Waals surface area (Å²) >= 11 is 12.9. The fraction of sp³-hybridized carbons (Fsp3) is 0. The minimum Gasteiger partial charge on any atom is -0.114 e. The molecule has 0 unspecified atom stereocenters. The largest absolute Gasteiger partial charge is 0.144 e. The van der Waals surface area contributed by atoms with Crippen molar-refractivity contribution in [3.63, 3.8) is 0 Å². The van der Waals surface area contributed by atoms with Gasteiger partial charge in [-0.25, -0.2) is 0 Å². The van der Waals surface area contributed by atoms with Crippen LogP contribution in [0.5, 0.6) is 0 Å². The van der Waals surface area contributed by atoms with E-state index in [4.69, 9.17) is 23.2 Å². The maximum Gasteiger partial charge on any atom is 0.144 e. The maximum atomic E-state index is 6.45. The SMILES string of the molecule is Br.Clc1cc(Cl)cc([P+](c2ccccc2)(c2ccccc2)c2ccccc2)c1. The van der Waals surface area contributed by atoms with E-state index >= 15 is 0 Å². The highest BCUT2D eigenvalue weighted by molar-refractivity contribution is 8.93. The van der Waals surface area contributed by atoms with Gasteiger partial charge in [0.25, 0.3) is 0 Å². The number of halogens is 3. The summed E-state index contributed by atoms with van der Waals surface area (Å²) in [4.78, 5) is 0. The number of hydrogen-bond donors (Lipinski definition) is 0. The van der Waals surface area contributed by atoms with Gasteiger partial charge in [0.2, 0.25) is 0 Å². The molecule has 0 aliphatic heterocycles. The van der Waals surface area contributed by atoms with E-state index in [9.17, 15) is 0 Å². The molecule has 28 heavy (non-hydrogen) atoms. The summed E-state index contributed by atoms with van der Waals surface area (Å²) in [6.07, 6.45) is 0. The normalized spacial score (nSPS) is 10.9. The molecule has 0 N–H and O–H groups in total. The standard InChI is InChI=1S/C24H18Cl2P.BrH/c25-19-16-20(26)18-24(17-19)27(21-10-4-1-5-11-21,22-12-6-2-7-13-22)23-14-8-3-9-15-23;/h1-18H;1H/q+1;. The fourth-order valence-corrected chi connectivity index (χ4v) is 8.57. The fourth-order valence-electron chi connectivity index (χ4n) is 3.58. The van der Waals surface area contributed by atoms with Crippen molar-refractivity contribution in [2.24, 2.45) is 0 Å².